The molecule has 0 spiro atoms. The van der Waals surface area contributed by atoms with Crippen LogP contribution in [0, 0.1) is 11.7 Å². The minimum absolute atomic E-state index is 0.150. The molecule has 0 bridgehead atoms. The van der Waals surface area contributed by atoms with Crippen LogP contribution in [0.1, 0.15) is 5.69 Å². The first-order chi connectivity index (χ1) is 8.98. The van der Waals surface area contributed by atoms with E-state index in [0.717, 1.165) is 6.07 Å². The molecule has 0 amide bonds. The monoisotopic (exact) mass is 287 g/mol. The summed E-state index contributed by atoms with van der Waals surface area (Å²) in [5.74, 6) is -4.12. The molecule has 1 saturated heterocycles. The largest absolute Gasteiger partial charge is 0.315 e. The van der Waals surface area contributed by atoms with Crippen molar-refractivity contribution >= 4 is 22.5 Å². The highest BCUT2D eigenvalue weighted by molar-refractivity contribution is 6.35. The zero-order valence-corrected chi connectivity index (χ0v) is 10.4. The Labute approximate surface area is 111 Å². The van der Waals surface area contributed by atoms with Gasteiger partial charge in [-0.1, -0.05) is 11.6 Å². The summed E-state index contributed by atoms with van der Waals surface area (Å²) >= 11 is 5.90. The molecule has 19 heavy (non-hydrogen) atoms. The molecule has 2 atom stereocenters. The summed E-state index contributed by atoms with van der Waals surface area (Å²) in [7, 11) is 0. The van der Waals surface area contributed by atoms with Gasteiger partial charge in [0.05, 0.1) is 22.2 Å². The minimum atomic E-state index is -2.79. The normalized spacial score (nSPS) is 31.7. The predicted octanol–water partition coefficient (Wildman–Crippen LogP) is 2.46. The van der Waals surface area contributed by atoms with E-state index in [4.69, 9.17) is 11.6 Å². The van der Waals surface area contributed by atoms with Crippen molar-refractivity contribution in [1.29, 1.82) is 0 Å². The van der Waals surface area contributed by atoms with Crippen LogP contribution in [0.15, 0.2) is 12.1 Å². The van der Waals surface area contributed by atoms with E-state index >= 15 is 0 Å². The Bertz CT molecular complexity index is 699. The van der Waals surface area contributed by atoms with Crippen LogP contribution in [0.3, 0.4) is 0 Å². The third-order valence-corrected chi connectivity index (χ3v) is 4.61. The SMILES string of the molecule is Fc1cc(Cl)c2[nH]nc(C34CNCC3C4(F)F)c2c1. The number of hydrogen-bond donors (Lipinski definition) is 2. The smallest absolute Gasteiger partial charge is 0.266 e. The molecule has 1 aliphatic carbocycles. The van der Waals surface area contributed by atoms with Gasteiger partial charge in [0, 0.05) is 18.5 Å². The number of nitrogens with zero attached hydrogens (tertiary/aromatic N) is 1. The maximum Gasteiger partial charge on any atom is 0.266 e. The van der Waals surface area contributed by atoms with Crippen molar-refractivity contribution in [3.05, 3.63) is 28.7 Å². The van der Waals surface area contributed by atoms with E-state index in [1.54, 1.807) is 0 Å². The second-order valence-electron chi connectivity index (χ2n) is 5.16. The van der Waals surface area contributed by atoms with Crippen LogP contribution in [0.4, 0.5) is 13.2 Å². The van der Waals surface area contributed by atoms with Crippen LogP contribution in [0.25, 0.3) is 10.9 Å². The predicted molar refractivity (Wildman–Crippen MR) is 64.0 cm³/mol. The third kappa shape index (κ3) is 1.17. The number of rotatable bonds is 1. The van der Waals surface area contributed by atoms with Gasteiger partial charge in [-0.05, 0) is 12.1 Å². The van der Waals surface area contributed by atoms with E-state index in [-0.39, 0.29) is 23.8 Å². The molecule has 1 aliphatic heterocycles. The lowest BCUT2D eigenvalue weighted by molar-refractivity contribution is 0.0671. The Balaban J connectivity index is 1.98. The minimum Gasteiger partial charge on any atom is -0.315 e. The zero-order valence-electron chi connectivity index (χ0n) is 9.61. The third-order valence-electron chi connectivity index (χ3n) is 4.31. The van der Waals surface area contributed by atoms with E-state index in [1.165, 1.54) is 6.07 Å². The molecule has 3 nitrogen and oxygen atoms in total. The average molecular weight is 288 g/mol. The van der Waals surface area contributed by atoms with Crippen molar-refractivity contribution in [3.63, 3.8) is 0 Å². The van der Waals surface area contributed by atoms with Crippen LogP contribution in [0.2, 0.25) is 5.02 Å². The molecule has 100 valence electrons. The molecule has 1 aromatic heterocycles. The second-order valence-corrected chi connectivity index (χ2v) is 5.57. The van der Waals surface area contributed by atoms with Crippen molar-refractivity contribution in [1.82, 2.24) is 15.5 Å². The van der Waals surface area contributed by atoms with Gasteiger partial charge in [0.1, 0.15) is 11.2 Å². The maximum atomic E-state index is 14.0. The molecule has 2 N–H and O–H groups in total. The molecular weight excluding hydrogens is 279 g/mol. The zero-order chi connectivity index (χ0) is 13.4. The van der Waals surface area contributed by atoms with Gasteiger partial charge < -0.3 is 5.32 Å². The standard InChI is InChI=1S/C12H9ClF3N3/c13-7-2-5(14)1-6-9(7)18-19-10(6)11-4-17-3-8(11)12(11,15)16/h1-2,8,17H,3-4H2,(H,18,19). The summed E-state index contributed by atoms with van der Waals surface area (Å²) in [5, 5.41) is 10.1. The maximum absolute atomic E-state index is 14.0. The van der Waals surface area contributed by atoms with Crippen LogP contribution in [0.5, 0.6) is 0 Å². The first-order valence-electron chi connectivity index (χ1n) is 5.90. The number of fused-ring (bicyclic) bond motifs is 2. The summed E-state index contributed by atoms with van der Waals surface area (Å²) < 4.78 is 41.4. The Kier molecular flexibility index (Phi) is 1.97. The van der Waals surface area contributed by atoms with Gasteiger partial charge in [0.15, 0.2) is 0 Å². The highest BCUT2D eigenvalue weighted by Gasteiger charge is 2.84. The molecule has 2 fully saturated rings. The number of halogens is 4. The van der Waals surface area contributed by atoms with Crippen LogP contribution >= 0.6 is 11.6 Å². The quantitative estimate of drug-likeness (QED) is 0.846. The molecule has 1 aromatic carbocycles. The van der Waals surface area contributed by atoms with Crippen molar-refractivity contribution in [2.24, 2.45) is 5.92 Å². The van der Waals surface area contributed by atoms with Gasteiger partial charge in [-0.3, -0.25) is 5.10 Å². The van der Waals surface area contributed by atoms with Gasteiger partial charge in [-0.25, -0.2) is 13.2 Å². The van der Waals surface area contributed by atoms with E-state index in [0.29, 0.717) is 10.9 Å². The molecule has 1 saturated carbocycles. The number of nitrogens with one attached hydrogen (secondary N) is 2. The van der Waals surface area contributed by atoms with Crippen molar-refractivity contribution in [3.8, 4) is 0 Å². The van der Waals surface area contributed by atoms with E-state index in [9.17, 15) is 13.2 Å². The van der Waals surface area contributed by atoms with Crippen molar-refractivity contribution in [2.75, 3.05) is 13.1 Å². The first-order valence-corrected chi connectivity index (χ1v) is 6.28. The van der Waals surface area contributed by atoms with Gasteiger partial charge in [0.25, 0.3) is 5.92 Å². The molecule has 2 aromatic rings. The topological polar surface area (TPSA) is 40.7 Å². The van der Waals surface area contributed by atoms with Gasteiger partial charge in [-0.2, -0.15) is 5.10 Å². The van der Waals surface area contributed by atoms with E-state index < -0.39 is 23.1 Å². The highest BCUT2D eigenvalue weighted by atomic mass is 35.5. The molecule has 4 rings (SSSR count). The summed E-state index contributed by atoms with van der Waals surface area (Å²) in [6, 6.07) is 2.34. The fourth-order valence-electron chi connectivity index (χ4n) is 3.28. The van der Waals surface area contributed by atoms with Gasteiger partial charge in [-0.15, -0.1) is 0 Å². The number of benzene rings is 1. The number of piperidine rings is 1. The lowest BCUT2D eigenvalue weighted by Gasteiger charge is -2.12. The Morgan fingerprint density at radius 2 is 2.16 bits per heavy atom. The van der Waals surface area contributed by atoms with Gasteiger partial charge in [0.2, 0.25) is 0 Å². The Morgan fingerprint density at radius 3 is 2.84 bits per heavy atom. The molecule has 2 heterocycles. The first kappa shape index (κ1) is 11.5. The molecule has 2 unspecified atom stereocenters. The van der Waals surface area contributed by atoms with Crippen LogP contribution in [-0.2, 0) is 5.41 Å². The number of aromatic nitrogens is 2. The van der Waals surface area contributed by atoms with Crippen LogP contribution in [-0.4, -0.2) is 29.2 Å². The number of hydrogen-bond acceptors (Lipinski definition) is 2. The van der Waals surface area contributed by atoms with E-state index in [2.05, 4.69) is 15.5 Å². The summed E-state index contributed by atoms with van der Waals surface area (Å²) in [6.45, 7) is 0.406. The number of alkyl halides is 2. The summed E-state index contributed by atoms with van der Waals surface area (Å²) in [6.07, 6.45) is 0. The fourth-order valence-corrected chi connectivity index (χ4v) is 3.53. The highest BCUT2D eigenvalue weighted by Crippen LogP contribution is 2.68. The Morgan fingerprint density at radius 1 is 1.37 bits per heavy atom. The average Bonchev–Trinajstić information content (AvgIpc) is 2.78. The second kappa shape index (κ2) is 3.24. The van der Waals surface area contributed by atoms with E-state index in [1.807, 2.05) is 0 Å². The number of aromatic amines is 1. The molecular formula is C12H9ClF3N3. The Hall–Kier alpha value is -1.27. The van der Waals surface area contributed by atoms with Crippen molar-refractivity contribution < 1.29 is 13.2 Å². The summed E-state index contributed by atoms with van der Waals surface area (Å²) in [5.41, 5.74) is -0.702. The molecule has 7 heteroatoms. The molecule has 2 aliphatic rings. The number of H-pyrrole nitrogens is 1. The lowest BCUT2D eigenvalue weighted by Crippen LogP contribution is -2.29. The molecule has 0 radical (unpaired) electrons. The van der Waals surface area contributed by atoms with Crippen molar-refractivity contribution in [2.45, 2.75) is 11.3 Å². The van der Waals surface area contributed by atoms with Gasteiger partial charge >= 0.3 is 0 Å². The summed E-state index contributed by atoms with van der Waals surface area (Å²) in [4.78, 5) is 0. The fraction of sp³-hybridized carbons (Fsp3) is 0.417. The lowest BCUT2D eigenvalue weighted by atomic mass is 9.97. The van der Waals surface area contributed by atoms with Crippen LogP contribution < -0.4 is 5.32 Å².